The first-order chi connectivity index (χ1) is 36.3. The molecule has 5 amide bonds. The molecule has 78 heavy (non-hydrogen) atoms. The molecule has 3 aliphatic heterocycles. The average molecular weight is 1100 g/mol. The van der Waals surface area contributed by atoms with Crippen LogP contribution in [0.15, 0.2) is 34.2 Å². The van der Waals surface area contributed by atoms with Crippen molar-refractivity contribution in [3.05, 3.63) is 57.6 Å². The lowest BCUT2D eigenvalue weighted by atomic mass is 9.43. The van der Waals surface area contributed by atoms with Crippen molar-refractivity contribution >= 4 is 58.6 Å². The number of rotatable bonds is 20. The number of benzene rings is 2. The summed E-state index contributed by atoms with van der Waals surface area (Å²) in [5.74, 6) is -2.31. The third-order valence-electron chi connectivity index (χ3n) is 16.5. The molecular formula is C55H82BN9O12S. The summed E-state index contributed by atoms with van der Waals surface area (Å²) in [5.41, 5.74) is 14.3. The molecule has 0 spiro atoms. The number of carbonyl (C=O) groups excluding carboxylic acids is 6. The van der Waals surface area contributed by atoms with Crippen LogP contribution >= 0.6 is 0 Å². The van der Waals surface area contributed by atoms with Crippen molar-refractivity contribution in [2.45, 2.75) is 199 Å². The molecule has 21 nitrogen and oxygen atoms in total. The highest BCUT2D eigenvalue weighted by Gasteiger charge is 2.69. The standard InChI is InChI=1S/C55H82BN9O12S/c1-30-31(2)46(32(3)37-27-53(8,9)75-45(30)37)78(72,73)64-51(58)59-22-14-13-16-38(57)48(69)61-29-43(66)63-39(26-44(67)74-52(5,6)7)49(70)60-28-34-18-20-35(21-19-34)47(68)62-33(4)50(71)65-23-15-17-42(65)56-76-41-25-36-24-40(54(36,10)11)55(41,12)77-56/h18-21,33,36,38-42H,13-17,22-29,57H2,1-12H3,(H,60,70)(H,61,69)(H,62,68)(H,63,66)(H3,58,59,64)/t33-,36+,38+,39+,40+,41?,42+,55+/m1/s1. The fourth-order valence-corrected chi connectivity index (χ4v) is 13.6. The molecule has 6 aliphatic rings. The lowest BCUT2D eigenvalue weighted by molar-refractivity contribution is -0.199. The van der Waals surface area contributed by atoms with Gasteiger partial charge in [0.15, 0.2) is 0 Å². The summed E-state index contributed by atoms with van der Waals surface area (Å²) in [6.07, 6.45) is 4.75. The van der Waals surface area contributed by atoms with Crippen LogP contribution in [-0.4, -0.2) is 129 Å². The van der Waals surface area contributed by atoms with Gasteiger partial charge in [-0.15, -0.1) is 0 Å². The van der Waals surface area contributed by atoms with Crippen LogP contribution in [0.4, 0.5) is 0 Å². The van der Waals surface area contributed by atoms with Crippen LogP contribution in [0.2, 0.25) is 0 Å². The highest BCUT2D eigenvalue weighted by molar-refractivity contribution is 7.90. The Morgan fingerprint density at radius 2 is 1.63 bits per heavy atom. The highest BCUT2D eigenvalue weighted by atomic mass is 32.2. The third-order valence-corrected chi connectivity index (χ3v) is 18.1. The number of sulfonamides is 1. The van der Waals surface area contributed by atoms with E-state index in [1.165, 1.54) is 0 Å². The summed E-state index contributed by atoms with van der Waals surface area (Å²) in [4.78, 5) is 85.7. The fourth-order valence-electron chi connectivity index (χ4n) is 12.1. The third kappa shape index (κ3) is 13.3. The Hall–Kier alpha value is -5.78. The molecule has 3 aliphatic carbocycles. The zero-order valence-electron chi connectivity index (χ0n) is 47.5. The molecule has 1 unspecified atom stereocenters. The zero-order chi connectivity index (χ0) is 57.4. The highest BCUT2D eigenvalue weighted by Crippen LogP contribution is 2.66. The van der Waals surface area contributed by atoms with E-state index in [0.29, 0.717) is 65.6 Å². The SMILES string of the molecule is Cc1c(C)c(S(=O)(=O)NC(N)=NCCCC[C@H](N)C(=O)NCC(=O)N[C@@H](CC(=O)OC(C)(C)C)C(=O)NCc2ccc(C(=O)N[C@H](C)C(=O)N3CCC[C@H]3B3OC4C[C@@H]5C[C@@H](C5(C)C)[C@]4(C)O3)cc2)c(C)c2c1OC(C)(C)C2. The van der Waals surface area contributed by atoms with Gasteiger partial charge in [-0.25, -0.2) is 13.1 Å². The maximum atomic E-state index is 13.8. The lowest BCUT2D eigenvalue weighted by Crippen LogP contribution is -2.65. The normalized spacial score (nSPS) is 24.1. The van der Waals surface area contributed by atoms with Crippen molar-refractivity contribution in [3.8, 4) is 5.75 Å². The first-order valence-electron chi connectivity index (χ1n) is 27.3. The first kappa shape index (κ1) is 59.9. The van der Waals surface area contributed by atoms with Gasteiger partial charge in [-0.2, -0.15) is 0 Å². The van der Waals surface area contributed by atoms with E-state index in [1.807, 2.05) is 20.8 Å². The molecule has 5 fully saturated rings. The van der Waals surface area contributed by atoms with Crippen LogP contribution in [0.5, 0.6) is 5.75 Å². The quantitative estimate of drug-likeness (QED) is 0.0329. The number of carbonyl (C=O) groups is 6. The average Bonchev–Trinajstić information content (AvgIpc) is 4.26. The van der Waals surface area contributed by atoms with E-state index in [-0.39, 0.29) is 53.7 Å². The Bertz CT molecular complexity index is 2800. The Kier molecular flexibility index (Phi) is 17.8. The van der Waals surface area contributed by atoms with Crippen molar-refractivity contribution < 1.29 is 56.0 Å². The van der Waals surface area contributed by atoms with Gasteiger partial charge in [0, 0.05) is 37.2 Å². The number of nitrogens with one attached hydrogen (secondary N) is 5. The number of unbranched alkanes of at least 4 members (excludes halogenated alkanes) is 1. The number of esters is 1. The molecule has 0 radical (unpaired) electrons. The van der Waals surface area contributed by atoms with Gasteiger partial charge in [0.1, 0.15) is 29.0 Å². The van der Waals surface area contributed by atoms with Crippen LogP contribution < -0.4 is 42.2 Å². The molecule has 2 saturated heterocycles. The number of fused-ring (bicyclic) bond motifs is 1. The number of nitrogens with two attached hydrogens (primary N) is 2. The molecule has 9 N–H and O–H groups in total. The van der Waals surface area contributed by atoms with E-state index in [9.17, 15) is 37.2 Å². The number of nitrogens with zero attached hydrogens (tertiary/aromatic N) is 2. The van der Waals surface area contributed by atoms with E-state index in [1.54, 1.807) is 70.7 Å². The zero-order valence-corrected chi connectivity index (χ0v) is 48.3. The second-order valence-corrected chi connectivity index (χ2v) is 26.0. The maximum Gasteiger partial charge on any atom is 0.481 e. The minimum atomic E-state index is -4.08. The minimum absolute atomic E-state index is 0.000625. The first-order valence-corrected chi connectivity index (χ1v) is 28.8. The number of amides is 5. The van der Waals surface area contributed by atoms with Crippen LogP contribution in [0.1, 0.15) is 152 Å². The Labute approximate surface area is 459 Å². The fraction of sp³-hybridized carbons (Fsp3) is 0.655. The Morgan fingerprint density at radius 3 is 2.29 bits per heavy atom. The maximum absolute atomic E-state index is 13.8. The summed E-state index contributed by atoms with van der Waals surface area (Å²) in [6.45, 7) is 22.8. The number of hydrogen-bond donors (Lipinski definition) is 7. The summed E-state index contributed by atoms with van der Waals surface area (Å²) >= 11 is 0. The van der Waals surface area contributed by atoms with Crippen LogP contribution in [0.25, 0.3) is 0 Å². The molecular weight excluding hydrogens is 1020 g/mol. The Morgan fingerprint density at radius 1 is 0.936 bits per heavy atom. The number of hydrogen-bond acceptors (Lipinski definition) is 14. The van der Waals surface area contributed by atoms with Crippen LogP contribution in [0.3, 0.4) is 0 Å². The van der Waals surface area contributed by atoms with Crippen LogP contribution in [0, 0.1) is 38.0 Å². The Balaban J connectivity index is 0.840. The van der Waals surface area contributed by atoms with Gasteiger partial charge >= 0.3 is 13.1 Å². The molecule has 23 heteroatoms. The lowest BCUT2D eigenvalue weighted by Gasteiger charge is -2.64. The molecule has 2 bridgehead atoms. The summed E-state index contributed by atoms with van der Waals surface area (Å²) in [5, 5.41) is 10.5. The van der Waals surface area contributed by atoms with Crippen molar-refractivity contribution in [1.29, 1.82) is 0 Å². The van der Waals surface area contributed by atoms with Gasteiger partial charge in [0.05, 0.1) is 41.5 Å². The predicted octanol–water partition coefficient (Wildman–Crippen LogP) is 3.44. The van der Waals surface area contributed by atoms with Gasteiger partial charge in [0.25, 0.3) is 15.9 Å². The number of likely N-dealkylation sites (tertiary alicyclic amines) is 1. The van der Waals surface area contributed by atoms with Crippen molar-refractivity contribution in [2.24, 2.45) is 33.7 Å². The van der Waals surface area contributed by atoms with E-state index < -0.39 is 94.6 Å². The van der Waals surface area contributed by atoms with E-state index in [2.05, 4.69) is 51.8 Å². The van der Waals surface area contributed by atoms with Crippen molar-refractivity contribution in [1.82, 2.24) is 30.9 Å². The van der Waals surface area contributed by atoms with Gasteiger partial charge in [-0.1, -0.05) is 26.0 Å². The van der Waals surface area contributed by atoms with Crippen LogP contribution in [-0.2, 0) is 61.0 Å². The summed E-state index contributed by atoms with van der Waals surface area (Å²) in [6, 6.07) is 3.22. The topological polar surface area (TPSA) is 301 Å². The molecule has 3 saturated carbocycles. The van der Waals surface area contributed by atoms with E-state index in [0.717, 1.165) is 36.8 Å². The number of guanidine groups is 1. The molecule has 8 atom stereocenters. The van der Waals surface area contributed by atoms with Crippen molar-refractivity contribution in [3.63, 3.8) is 0 Å². The van der Waals surface area contributed by atoms with Gasteiger partial charge in [0.2, 0.25) is 29.6 Å². The number of aliphatic imine (C=N–C) groups is 1. The second kappa shape index (κ2) is 23.1. The molecule has 2 aromatic carbocycles. The molecule has 428 valence electrons. The van der Waals surface area contributed by atoms with E-state index >= 15 is 0 Å². The molecule has 3 heterocycles. The molecule has 2 aromatic rings. The second-order valence-electron chi connectivity index (χ2n) is 24.3. The predicted molar refractivity (Wildman–Crippen MR) is 293 cm³/mol. The molecule has 0 aromatic heterocycles. The smallest absolute Gasteiger partial charge is 0.481 e. The van der Waals surface area contributed by atoms with Crippen molar-refractivity contribution in [2.75, 3.05) is 19.6 Å². The summed E-state index contributed by atoms with van der Waals surface area (Å²) in [7, 11) is -4.60. The van der Waals surface area contributed by atoms with Gasteiger partial charge in [-0.05, 0) is 166 Å². The monoisotopic (exact) mass is 1100 g/mol. The van der Waals surface area contributed by atoms with Gasteiger partial charge in [-0.3, -0.25) is 33.8 Å². The minimum Gasteiger partial charge on any atom is -0.487 e. The largest absolute Gasteiger partial charge is 0.487 e. The van der Waals surface area contributed by atoms with Gasteiger partial charge < -0.3 is 56.4 Å². The molecule has 8 rings (SSSR count). The summed E-state index contributed by atoms with van der Waals surface area (Å²) < 4.78 is 54.2. The number of ether oxygens (including phenoxy) is 2. The van der Waals surface area contributed by atoms with E-state index in [4.69, 9.17) is 30.2 Å².